The van der Waals surface area contributed by atoms with Crippen molar-refractivity contribution in [1.29, 1.82) is 0 Å². The molecule has 1 saturated heterocycles. The van der Waals surface area contributed by atoms with Gasteiger partial charge in [-0.25, -0.2) is 4.90 Å². The van der Waals surface area contributed by atoms with Crippen molar-refractivity contribution in [2.75, 3.05) is 19.1 Å². The van der Waals surface area contributed by atoms with Gasteiger partial charge in [-0.1, -0.05) is 29.8 Å². The average molecular weight is 339 g/mol. The number of imide groups is 1. The number of carbonyl (C=O) groups is 2. The van der Waals surface area contributed by atoms with Gasteiger partial charge in [0.05, 0.1) is 25.8 Å². The lowest BCUT2D eigenvalue weighted by Crippen LogP contribution is -2.31. The highest BCUT2D eigenvalue weighted by atomic mass is 16.5. The van der Waals surface area contributed by atoms with E-state index in [4.69, 9.17) is 9.47 Å². The van der Waals surface area contributed by atoms with Crippen LogP contribution < -0.4 is 14.4 Å². The van der Waals surface area contributed by atoms with Gasteiger partial charge in [0.25, 0.3) is 0 Å². The standard InChI is InChI=1S/C20H21NO4/c1-13-4-6-14(7-5-13)10-15-11-19(22)21(20(15)23)17-12-16(24-2)8-9-18(17)25-3/h4-9,12,15H,10-11H2,1-3H3/t15-/m1/s1. The maximum atomic E-state index is 12.9. The second-order valence-corrected chi connectivity index (χ2v) is 6.20. The Morgan fingerprint density at radius 3 is 2.40 bits per heavy atom. The maximum Gasteiger partial charge on any atom is 0.237 e. The lowest BCUT2D eigenvalue weighted by Gasteiger charge is -2.19. The first-order valence-electron chi connectivity index (χ1n) is 8.18. The van der Waals surface area contributed by atoms with Crippen LogP contribution in [0.5, 0.6) is 11.5 Å². The quantitative estimate of drug-likeness (QED) is 0.786. The molecule has 1 aliphatic rings. The fourth-order valence-electron chi connectivity index (χ4n) is 3.09. The van der Waals surface area contributed by atoms with Gasteiger partial charge >= 0.3 is 0 Å². The summed E-state index contributed by atoms with van der Waals surface area (Å²) in [5.41, 5.74) is 2.65. The SMILES string of the molecule is COc1ccc(OC)c(N2C(=O)C[C@@H](Cc3ccc(C)cc3)C2=O)c1. The number of anilines is 1. The zero-order valence-corrected chi connectivity index (χ0v) is 14.6. The number of nitrogens with zero attached hydrogens (tertiary/aromatic N) is 1. The molecule has 1 fully saturated rings. The first-order valence-corrected chi connectivity index (χ1v) is 8.18. The summed E-state index contributed by atoms with van der Waals surface area (Å²) < 4.78 is 10.5. The van der Waals surface area contributed by atoms with Gasteiger partial charge in [0.2, 0.25) is 11.8 Å². The summed E-state index contributed by atoms with van der Waals surface area (Å²) in [7, 11) is 3.06. The summed E-state index contributed by atoms with van der Waals surface area (Å²) in [4.78, 5) is 26.6. The van der Waals surface area contributed by atoms with Crippen molar-refractivity contribution in [2.24, 2.45) is 5.92 Å². The molecule has 0 bridgehead atoms. The maximum absolute atomic E-state index is 12.9. The summed E-state index contributed by atoms with van der Waals surface area (Å²) in [6.45, 7) is 2.02. The summed E-state index contributed by atoms with van der Waals surface area (Å²) in [5, 5.41) is 0. The van der Waals surface area contributed by atoms with Crippen LogP contribution in [0.25, 0.3) is 0 Å². The molecule has 1 atom stereocenters. The molecule has 1 heterocycles. The van der Waals surface area contributed by atoms with E-state index in [0.29, 0.717) is 23.6 Å². The Labute approximate surface area is 147 Å². The van der Waals surface area contributed by atoms with Gasteiger partial charge in [-0.3, -0.25) is 9.59 Å². The zero-order valence-electron chi connectivity index (χ0n) is 14.6. The highest BCUT2D eigenvalue weighted by molar-refractivity contribution is 6.21. The van der Waals surface area contributed by atoms with E-state index in [-0.39, 0.29) is 24.2 Å². The molecule has 5 heteroatoms. The van der Waals surface area contributed by atoms with Crippen molar-refractivity contribution >= 4 is 17.5 Å². The molecule has 0 unspecified atom stereocenters. The van der Waals surface area contributed by atoms with Gasteiger partial charge in [0.15, 0.2) is 0 Å². The van der Waals surface area contributed by atoms with E-state index >= 15 is 0 Å². The fraction of sp³-hybridized carbons (Fsp3) is 0.300. The van der Waals surface area contributed by atoms with Crippen LogP contribution >= 0.6 is 0 Å². The van der Waals surface area contributed by atoms with Crippen LogP contribution in [-0.2, 0) is 16.0 Å². The van der Waals surface area contributed by atoms with Crippen molar-refractivity contribution in [3.05, 3.63) is 53.6 Å². The number of ether oxygens (including phenoxy) is 2. The molecule has 0 N–H and O–H groups in total. The van der Waals surface area contributed by atoms with Gasteiger partial charge in [-0.15, -0.1) is 0 Å². The molecule has 5 nitrogen and oxygen atoms in total. The smallest absolute Gasteiger partial charge is 0.237 e. The number of rotatable bonds is 5. The van der Waals surface area contributed by atoms with E-state index < -0.39 is 0 Å². The molecule has 25 heavy (non-hydrogen) atoms. The van der Waals surface area contributed by atoms with Gasteiger partial charge < -0.3 is 9.47 Å². The Kier molecular flexibility index (Phi) is 4.74. The molecule has 0 spiro atoms. The minimum absolute atomic E-state index is 0.197. The van der Waals surface area contributed by atoms with Crippen LogP contribution in [0, 0.1) is 12.8 Å². The molecule has 0 saturated carbocycles. The van der Waals surface area contributed by atoms with Crippen LogP contribution in [0.15, 0.2) is 42.5 Å². The van der Waals surface area contributed by atoms with Gasteiger partial charge in [0.1, 0.15) is 11.5 Å². The van der Waals surface area contributed by atoms with E-state index in [2.05, 4.69) is 0 Å². The lowest BCUT2D eigenvalue weighted by molar-refractivity contribution is -0.122. The normalized spacial score (nSPS) is 17.1. The zero-order chi connectivity index (χ0) is 18.0. The lowest BCUT2D eigenvalue weighted by atomic mass is 9.97. The molecule has 130 valence electrons. The highest BCUT2D eigenvalue weighted by Crippen LogP contribution is 2.37. The van der Waals surface area contributed by atoms with E-state index in [1.165, 1.54) is 17.6 Å². The molecule has 2 aromatic rings. The minimum atomic E-state index is -0.355. The Hall–Kier alpha value is -2.82. The van der Waals surface area contributed by atoms with E-state index in [0.717, 1.165) is 5.56 Å². The summed E-state index contributed by atoms with van der Waals surface area (Å²) in [5.74, 6) is 0.272. The molecule has 0 aromatic heterocycles. The third-order valence-corrected chi connectivity index (χ3v) is 4.47. The van der Waals surface area contributed by atoms with Crippen LogP contribution in [0.4, 0.5) is 5.69 Å². The molecule has 0 aliphatic carbocycles. The molecule has 0 radical (unpaired) electrons. The van der Waals surface area contributed by atoms with Crippen molar-refractivity contribution in [3.8, 4) is 11.5 Å². The second-order valence-electron chi connectivity index (χ2n) is 6.20. The molecule has 2 amide bonds. The molecular formula is C20H21NO4. The molecule has 2 aromatic carbocycles. The van der Waals surface area contributed by atoms with Crippen molar-refractivity contribution in [3.63, 3.8) is 0 Å². The molecular weight excluding hydrogens is 318 g/mol. The monoisotopic (exact) mass is 339 g/mol. The van der Waals surface area contributed by atoms with Crippen LogP contribution in [0.3, 0.4) is 0 Å². The Morgan fingerprint density at radius 1 is 1.04 bits per heavy atom. The number of hydrogen-bond acceptors (Lipinski definition) is 4. The van der Waals surface area contributed by atoms with Gasteiger partial charge in [-0.2, -0.15) is 0 Å². The Bertz CT molecular complexity index is 798. The summed E-state index contributed by atoms with van der Waals surface area (Å²) >= 11 is 0. The third kappa shape index (κ3) is 3.36. The number of amides is 2. The Balaban J connectivity index is 1.87. The van der Waals surface area contributed by atoms with Crippen molar-refractivity contribution < 1.29 is 19.1 Å². The number of aryl methyl sites for hydroxylation is 1. The minimum Gasteiger partial charge on any atom is -0.497 e. The van der Waals surface area contributed by atoms with Crippen LogP contribution in [0.2, 0.25) is 0 Å². The van der Waals surface area contributed by atoms with Crippen LogP contribution in [-0.4, -0.2) is 26.0 Å². The largest absolute Gasteiger partial charge is 0.497 e. The summed E-state index contributed by atoms with van der Waals surface area (Å²) in [6.07, 6.45) is 0.751. The third-order valence-electron chi connectivity index (χ3n) is 4.47. The van der Waals surface area contributed by atoms with Crippen molar-refractivity contribution in [2.45, 2.75) is 19.8 Å². The Morgan fingerprint density at radius 2 is 1.76 bits per heavy atom. The number of benzene rings is 2. The first-order chi connectivity index (χ1) is 12.0. The van der Waals surface area contributed by atoms with Crippen molar-refractivity contribution in [1.82, 2.24) is 0 Å². The molecule has 1 aliphatic heterocycles. The summed E-state index contributed by atoms with van der Waals surface area (Å²) in [6, 6.07) is 13.1. The number of methoxy groups -OCH3 is 2. The van der Waals surface area contributed by atoms with E-state index in [1.807, 2.05) is 31.2 Å². The average Bonchev–Trinajstić information content (AvgIpc) is 2.89. The van der Waals surface area contributed by atoms with Crippen LogP contribution in [0.1, 0.15) is 17.5 Å². The van der Waals surface area contributed by atoms with Gasteiger partial charge in [0, 0.05) is 12.5 Å². The highest BCUT2D eigenvalue weighted by Gasteiger charge is 2.40. The van der Waals surface area contributed by atoms with Gasteiger partial charge in [-0.05, 0) is 31.0 Å². The fourth-order valence-corrected chi connectivity index (χ4v) is 3.09. The number of carbonyl (C=O) groups excluding carboxylic acids is 2. The predicted molar refractivity (Wildman–Crippen MR) is 95.0 cm³/mol. The predicted octanol–water partition coefficient (Wildman–Crippen LogP) is 3.13. The first kappa shape index (κ1) is 17.0. The molecule has 3 rings (SSSR count). The number of hydrogen-bond donors (Lipinski definition) is 0. The van der Waals surface area contributed by atoms with E-state index in [9.17, 15) is 9.59 Å². The topological polar surface area (TPSA) is 55.8 Å². The van der Waals surface area contributed by atoms with E-state index in [1.54, 1.807) is 25.3 Å². The second kappa shape index (κ2) is 6.97.